The number of nitrogens with zero attached hydrogens (tertiary/aromatic N) is 2. The Kier molecular flexibility index (Phi) is 6.90. The number of morpholine rings is 2. The smallest absolute Gasteiger partial charge is 0.177 e. The van der Waals surface area contributed by atoms with Gasteiger partial charge in [-0.2, -0.15) is 0 Å². The Balaban J connectivity index is 1.33. The molecule has 2 heterocycles. The van der Waals surface area contributed by atoms with Crippen LogP contribution in [0.4, 0.5) is 11.4 Å². The van der Waals surface area contributed by atoms with Crippen LogP contribution in [-0.2, 0) is 9.47 Å². The van der Waals surface area contributed by atoms with Gasteiger partial charge in [-0.1, -0.05) is 23.7 Å². The van der Waals surface area contributed by atoms with Crippen LogP contribution in [0.5, 0.6) is 0 Å². The lowest BCUT2D eigenvalue weighted by molar-refractivity contribution is 0.122. The van der Waals surface area contributed by atoms with E-state index in [1.54, 1.807) is 0 Å². The Bertz CT molecular complexity index is 857. The summed E-state index contributed by atoms with van der Waals surface area (Å²) in [5, 5.41) is 10.1. The lowest BCUT2D eigenvalue weighted by Gasteiger charge is -2.28. The zero-order valence-corrected chi connectivity index (χ0v) is 17.0. The molecule has 0 radical (unpaired) electrons. The maximum atomic E-state index is 10.1. The van der Waals surface area contributed by atoms with Crippen LogP contribution < -0.4 is 9.80 Å². The number of benzene rings is 2. The highest BCUT2D eigenvalue weighted by molar-refractivity contribution is 5.52. The third-order valence-corrected chi connectivity index (χ3v) is 5.19. The van der Waals surface area contributed by atoms with Crippen LogP contribution in [0.3, 0.4) is 0 Å². The molecule has 2 fully saturated rings. The molecule has 2 aliphatic heterocycles. The summed E-state index contributed by atoms with van der Waals surface area (Å²) in [7, 11) is 0. The fourth-order valence-corrected chi connectivity index (χ4v) is 3.49. The monoisotopic (exact) mass is 402 g/mol. The molecule has 2 aliphatic rings. The number of rotatable bonds is 2. The van der Waals surface area contributed by atoms with E-state index in [0.29, 0.717) is 0 Å². The summed E-state index contributed by atoms with van der Waals surface area (Å²) >= 11 is 0. The zero-order chi connectivity index (χ0) is 20.6. The quantitative estimate of drug-likeness (QED) is 0.780. The Morgan fingerprint density at radius 2 is 1.00 bits per heavy atom. The molecule has 0 saturated carbocycles. The predicted molar refractivity (Wildman–Crippen MR) is 119 cm³/mol. The average molecular weight is 402 g/mol. The largest absolute Gasteiger partial charge is 0.378 e. The topological polar surface area (TPSA) is 45.2 Å². The Labute approximate surface area is 178 Å². The van der Waals surface area contributed by atoms with Crippen molar-refractivity contribution in [2.45, 2.75) is 6.10 Å². The summed E-state index contributed by atoms with van der Waals surface area (Å²) < 4.78 is 10.8. The second-order valence-corrected chi connectivity index (χ2v) is 7.23. The SMILES string of the molecule is OC(C#Cc1ccc(N2CCOCC2)cc1)C#Cc1ccc(N2CCOCC2)cc1. The van der Waals surface area contributed by atoms with Gasteiger partial charge in [0.2, 0.25) is 0 Å². The molecule has 0 atom stereocenters. The first kappa shape index (κ1) is 20.3. The molecular weight excluding hydrogens is 376 g/mol. The highest BCUT2D eigenvalue weighted by atomic mass is 16.5. The van der Waals surface area contributed by atoms with Crippen LogP contribution in [0.25, 0.3) is 0 Å². The van der Waals surface area contributed by atoms with Gasteiger partial charge in [0.15, 0.2) is 6.10 Å². The van der Waals surface area contributed by atoms with Crippen molar-refractivity contribution < 1.29 is 14.6 Å². The first-order valence-electron chi connectivity index (χ1n) is 10.3. The van der Waals surface area contributed by atoms with Crippen molar-refractivity contribution in [1.29, 1.82) is 0 Å². The van der Waals surface area contributed by atoms with Crippen molar-refractivity contribution in [3.63, 3.8) is 0 Å². The van der Waals surface area contributed by atoms with Crippen molar-refractivity contribution in [3.05, 3.63) is 59.7 Å². The van der Waals surface area contributed by atoms with Gasteiger partial charge < -0.3 is 24.4 Å². The van der Waals surface area contributed by atoms with E-state index in [2.05, 4.69) is 57.7 Å². The molecule has 0 unspecified atom stereocenters. The lowest BCUT2D eigenvalue weighted by Crippen LogP contribution is -2.36. The first-order chi connectivity index (χ1) is 14.8. The summed E-state index contributed by atoms with van der Waals surface area (Å²) in [4.78, 5) is 4.59. The van der Waals surface area contributed by atoms with E-state index in [-0.39, 0.29) is 0 Å². The normalized spacial score (nSPS) is 16.5. The first-order valence-corrected chi connectivity index (χ1v) is 10.3. The second kappa shape index (κ2) is 10.2. The highest BCUT2D eigenvalue weighted by Crippen LogP contribution is 2.17. The van der Waals surface area contributed by atoms with Gasteiger partial charge in [0.25, 0.3) is 0 Å². The van der Waals surface area contributed by atoms with Crippen molar-refractivity contribution >= 4 is 11.4 Å². The van der Waals surface area contributed by atoms with E-state index in [9.17, 15) is 5.11 Å². The molecule has 2 aromatic rings. The molecule has 2 saturated heterocycles. The summed E-state index contributed by atoms with van der Waals surface area (Å²) in [6.07, 6.45) is -0.983. The second-order valence-electron chi connectivity index (χ2n) is 7.23. The highest BCUT2D eigenvalue weighted by Gasteiger charge is 2.11. The van der Waals surface area contributed by atoms with Crippen molar-refractivity contribution in [1.82, 2.24) is 0 Å². The van der Waals surface area contributed by atoms with Gasteiger partial charge in [-0.05, 0) is 48.5 Å². The lowest BCUT2D eigenvalue weighted by atomic mass is 10.1. The van der Waals surface area contributed by atoms with Gasteiger partial charge in [-0.3, -0.25) is 0 Å². The van der Waals surface area contributed by atoms with Crippen LogP contribution >= 0.6 is 0 Å². The van der Waals surface area contributed by atoms with Gasteiger partial charge in [-0.25, -0.2) is 0 Å². The van der Waals surface area contributed by atoms with Crippen LogP contribution in [0.2, 0.25) is 0 Å². The molecule has 1 N–H and O–H groups in total. The minimum Gasteiger partial charge on any atom is -0.378 e. The Morgan fingerprint density at radius 3 is 1.37 bits per heavy atom. The zero-order valence-electron chi connectivity index (χ0n) is 17.0. The van der Waals surface area contributed by atoms with E-state index in [4.69, 9.17) is 9.47 Å². The summed E-state index contributed by atoms with van der Waals surface area (Å²) in [5.74, 6) is 11.6. The van der Waals surface area contributed by atoms with E-state index in [1.165, 1.54) is 11.4 Å². The summed E-state index contributed by atoms with van der Waals surface area (Å²) in [6.45, 7) is 6.70. The number of aliphatic hydroxyl groups excluding tert-OH is 1. The number of hydrogen-bond acceptors (Lipinski definition) is 5. The molecule has 0 bridgehead atoms. The van der Waals surface area contributed by atoms with E-state index in [0.717, 1.165) is 63.7 Å². The van der Waals surface area contributed by atoms with Crippen LogP contribution in [-0.4, -0.2) is 63.8 Å². The molecule has 0 aromatic heterocycles. The average Bonchev–Trinajstić information content (AvgIpc) is 2.83. The van der Waals surface area contributed by atoms with Gasteiger partial charge >= 0.3 is 0 Å². The maximum absolute atomic E-state index is 10.1. The minimum atomic E-state index is -0.983. The minimum absolute atomic E-state index is 0.766. The number of aliphatic hydroxyl groups is 1. The van der Waals surface area contributed by atoms with Crippen LogP contribution in [0.1, 0.15) is 11.1 Å². The molecular formula is C25H26N2O3. The fourth-order valence-electron chi connectivity index (χ4n) is 3.49. The van der Waals surface area contributed by atoms with E-state index in [1.807, 2.05) is 24.3 Å². The van der Waals surface area contributed by atoms with Crippen molar-refractivity contribution in [2.24, 2.45) is 0 Å². The molecule has 0 spiro atoms. The van der Waals surface area contributed by atoms with Gasteiger partial charge in [0.1, 0.15) is 0 Å². The van der Waals surface area contributed by atoms with Crippen molar-refractivity contribution in [2.75, 3.05) is 62.4 Å². The van der Waals surface area contributed by atoms with Crippen molar-refractivity contribution in [3.8, 4) is 23.7 Å². The molecule has 4 rings (SSSR count). The third kappa shape index (κ3) is 5.55. The van der Waals surface area contributed by atoms with E-state index < -0.39 is 6.10 Å². The Morgan fingerprint density at radius 1 is 0.633 bits per heavy atom. The summed E-state index contributed by atoms with van der Waals surface area (Å²) in [5.41, 5.74) is 4.07. The number of ether oxygens (including phenoxy) is 2. The Hall–Kier alpha value is -2.96. The fraction of sp³-hybridized carbons (Fsp3) is 0.360. The maximum Gasteiger partial charge on any atom is 0.177 e. The number of hydrogen-bond donors (Lipinski definition) is 1. The summed E-state index contributed by atoms with van der Waals surface area (Å²) in [6, 6.07) is 16.1. The van der Waals surface area contributed by atoms with Crippen LogP contribution in [0.15, 0.2) is 48.5 Å². The van der Waals surface area contributed by atoms with E-state index >= 15 is 0 Å². The third-order valence-electron chi connectivity index (χ3n) is 5.19. The van der Waals surface area contributed by atoms with Gasteiger partial charge in [-0.15, -0.1) is 0 Å². The molecule has 5 heteroatoms. The standard InChI is InChI=1S/C25H26N2O3/c28-25(11-5-21-1-7-23(8-2-21)26-13-17-29-18-14-26)12-6-22-3-9-24(10-4-22)27-15-19-30-20-16-27/h1-4,7-10,25,28H,13-20H2. The molecule has 5 nitrogen and oxygen atoms in total. The molecule has 30 heavy (non-hydrogen) atoms. The molecule has 0 aliphatic carbocycles. The molecule has 2 aromatic carbocycles. The number of anilines is 2. The molecule has 154 valence electrons. The van der Waals surface area contributed by atoms with Crippen LogP contribution in [0, 0.1) is 23.7 Å². The predicted octanol–water partition coefficient (Wildman–Crippen LogP) is 2.12. The van der Waals surface area contributed by atoms with Gasteiger partial charge in [0.05, 0.1) is 26.4 Å². The van der Waals surface area contributed by atoms with Gasteiger partial charge in [0, 0.05) is 48.7 Å². The molecule has 0 amide bonds.